The van der Waals surface area contributed by atoms with E-state index >= 15 is 0 Å². The Balaban J connectivity index is 1.41. The molecular formula is C12H11N5O3. The summed E-state index contributed by atoms with van der Waals surface area (Å²) in [5, 5.41) is 14.7. The monoisotopic (exact) mass is 273 g/mol. The van der Waals surface area contributed by atoms with Crippen LogP contribution in [-0.4, -0.2) is 20.3 Å². The average molecular weight is 273 g/mol. The van der Waals surface area contributed by atoms with E-state index < -0.39 is 0 Å². The summed E-state index contributed by atoms with van der Waals surface area (Å²) in [6.45, 7) is 0.344. The van der Waals surface area contributed by atoms with Crippen LogP contribution < -0.4 is 5.32 Å². The van der Waals surface area contributed by atoms with Gasteiger partial charge in [-0.15, -0.1) is 5.10 Å². The quantitative estimate of drug-likeness (QED) is 0.754. The lowest BCUT2D eigenvalue weighted by molar-refractivity contribution is 0.409. The first kappa shape index (κ1) is 11.2. The zero-order chi connectivity index (χ0) is 13.4. The number of rotatable bonds is 5. The van der Waals surface area contributed by atoms with E-state index in [1.165, 1.54) is 0 Å². The minimum atomic E-state index is 0.344. The van der Waals surface area contributed by atoms with Crippen molar-refractivity contribution >= 4 is 6.01 Å². The fraction of sp³-hybridized carbons (Fsp3) is 0.333. The molecule has 4 rings (SSSR count). The molecule has 8 nitrogen and oxygen atoms in total. The predicted octanol–water partition coefficient (Wildman–Crippen LogP) is 2.20. The van der Waals surface area contributed by atoms with Gasteiger partial charge in [-0.25, -0.2) is 0 Å². The fourth-order valence-electron chi connectivity index (χ4n) is 1.78. The number of hydrogen-bond donors (Lipinski definition) is 1. The largest absolute Gasteiger partial charge is 0.459 e. The first-order chi connectivity index (χ1) is 9.88. The van der Waals surface area contributed by atoms with Crippen LogP contribution in [0.1, 0.15) is 30.5 Å². The fourth-order valence-corrected chi connectivity index (χ4v) is 1.78. The third-order valence-electron chi connectivity index (χ3n) is 2.96. The van der Waals surface area contributed by atoms with Crippen LogP contribution in [0.4, 0.5) is 6.01 Å². The number of anilines is 1. The molecule has 0 radical (unpaired) electrons. The van der Waals surface area contributed by atoms with Gasteiger partial charge in [0.2, 0.25) is 5.89 Å². The Morgan fingerprint density at radius 2 is 2.25 bits per heavy atom. The lowest BCUT2D eigenvalue weighted by Gasteiger charge is -1.94. The zero-order valence-electron chi connectivity index (χ0n) is 10.4. The summed E-state index contributed by atoms with van der Waals surface area (Å²) in [5.41, 5.74) is 0. The van der Waals surface area contributed by atoms with Gasteiger partial charge in [-0.3, -0.25) is 0 Å². The predicted molar refractivity (Wildman–Crippen MR) is 65.6 cm³/mol. The maximum absolute atomic E-state index is 5.47. The lowest BCUT2D eigenvalue weighted by atomic mass is 10.4. The highest BCUT2D eigenvalue weighted by Gasteiger charge is 2.29. The molecule has 0 spiro atoms. The summed E-state index contributed by atoms with van der Waals surface area (Å²) in [4.78, 5) is 4.20. The van der Waals surface area contributed by atoms with Crippen molar-refractivity contribution in [2.75, 3.05) is 5.32 Å². The van der Waals surface area contributed by atoms with Crippen LogP contribution in [0.15, 0.2) is 31.8 Å². The Labute approximate surface area is 113 Å². The smallest absolute Gasteiger partial charge is 0.315 e. The van der Waals surface area contributed by atoms with Gasteiger partial charge >= 0.3 is 6.01 Å². The van der Waals surface area contributed by atoms with E-state index in [-0.39, 0.29) is 0 Å². The van der Waals surface area contributed by atoms with Gasteiger partial charge in [0, 0.05) is 5.92 Å². The molecule has 8 heteroatoms. The van der Waals surface area contributed by atoms with Crippen LogP contribution in [0.5, 0.6) is 0 Å². The van der Waals surface area contributed by atoms with Crippen molar-refractivity contribution < 1.29 is 13.4 Å². The molecule has 0 aromatic carbocycles. The van der Waals surface area contributed by atoms with Crippen LogP contribution in [-0.2, 0) is 6.54 Å². The van der Waals surface area contributed by atoms with Gasteiger partial charge in [0.15, 0.2) is 11.6 Å². The number of nitrogens with zero attached hydrogens (tertiary/aromatic N) is 4. The molecule has 1 aliphatic carbocycles. The highest BCUT2D eigenvalue weighted by Crippen LogP contribution is 2.39. The topological polar surface area (TPSA) is 103 Å². The van der Waals surface area contributed by atoms with Crippen molar-refractivity contribution in [3.8, 4) is 11.7 Å². The van der Waals surface area contributed by atoms with Crippen molar-refractivity contribution in [2.24, 2.45) is 0 Å². The Morgan fingerprint density at radius 1 is 1.30 bits per heavy atom. The minimum Gasteiger partial charge on any atom is -0.459 e. The van der Waals surface area contributed by atoms with E-state index in [1.54, 1.807) is 18.4 Å². The molecule has 0 unspecified atom stereocenters. The second-order valence-electron chi connectivity index (χ2n) is 4.57. The summed E-state index contributed by atoms with van der Waals surface area (Å²) in [6, 6.07) is 3.89. The maximum atomic E-state index is 5.47. The van der Waals surface area contributed by atoms with Gasteiger partial charge in [0.05, 0.1) is 12.8 Å². The van der Waals surface area contributed by atoms with Crippen LogP contribution >= 0.6 is 0 Å². The van der Waals surface area contributed by atoms with E-state index in [0.717, 1.165) is 12.8 Å². The first-order valence-corrected chi connectivity index (χ1v) is 6.32. The molecule has 0 bridgehead atoms. The molecule has 1 N–H and O–H groups in total. The van der Waals surface area contributed by atoms with Crippen molar-refractivity contribution in [3.63, 3.8) is 0 Å². The summed E-state index contributed by atoms with van der Waals surface area (Å²) in [7, 11) is 0. The van der Waals surface area contributed by atoms with Crippen LogP contribution in [0, 0.1) is 0 Å². The Kier molecular flexibility index (Phi) is 2.51. The second kappa shape index (κ2) is 4.48. The molecule has 0 atom stereocenters. The number of furan rings is 1. The molecule has 3 aromatic rings. The molecule has 102 valence electrons. The Bertz CT molecular complexity index is 698. The van der Waals surface area contributed by atoms with E-state index in [9.17, 15) is 0 Å². The molecule has 20 heavy (non-hydrogen) atoms. The average Bonchev–Trinajstić information content (AvgIpc) is 2.93. The van der Waals surface area contributed by atoms with E-state index in [4.69, 9.17) is 13.4 Å². The molecule has 3 aromatic heterocycles. The molecular weight excluding hydrogens is 262 g/mol. The normalized spacial score (nSPS) is 14.6. The third kappa shape index (κ3) is 2.15. The minimum absolute atomic E-state index is 0.344. The van der Waals surface area contributed by atoms with Gasteiger partial charge in [-0.1, -0.05) is 10.3 Å². The third-order valence-corrected chi connectivity index (χ3v) is 2.96. The summed E-state index contributed by atoms with van der Waals surface area (Å²) in [6.07, 6.45) is 3.80. The second-order valence-corrected chi connectivity index (χ2v) is 4.57. The van der Waals surface area contributed by atoms with Gasteiger partial charge < -0.3 is 18.7 Å². The maximum Gasteiger partial charge on any atom is 0.315 e. The number of hydrogen-bond acceptors (Lipinski definition) is 8. The molecule has 0 saturated heterocycles. The first-order valence-electron chi connectivity index (χ1n) is 6.32. The van der Waals surface area contributed by atoms with Crippen LogP contribution in [0.3, 0.4) is 0 Å². The lowest BCUT2D eigenvalue weighted by Crippen LogP contribution is -2.01. The van der Waals surface area contributed by atoms with Crippen LogP contribution in [0.2, 0.25) is 0 Å². The highest BCUT2D eigenvalue weighted by molar-refractivity contribution is 5.42. The van der Waals surface area contributed by atoms with E-state index in [1.807, 2.05) is 0 Å². The standard InChI is InChI=1S/C12H11N5O3/c1-2-8(18-5-1)11-14-9(17-20-11)6-13-12-16-15-10(19-12)7-3-4-7/h1-2,5,7H,3-4,6H2,(H,13,16). The van der Waals surface area contributed by atoms with Crippen LogP contribution in [0.25, 0.3) is 11.7 Å². The number of aromatic nitrogens is 4. The summed E-state index contributed by atoms with van der Waals surface area (Å²) in [5.74, 6) is 2.50. The van der Waals surface area contributed by atoms with Crippen molar-refractivity contribution in [1.29, 1.82) is 0 Å². The van der Waals surface area contributed by atoms with Crippen molar-refractivity contribution in [3.05, 3.63) is 30.1 Å². The van der Waals surface area contributed by atoms with E-state index in [2.05, 4.69) is 25.7 Å². The summed E-state index contributed by atoms with van der Waals surface area (Å²) < 4.78 is 15.7. The van der Waals surface area contributed by atoms with E-state index in [0.29, 0.717) is 41.8 Å². The molecule has 0 amide bonds. The SMILES string of the molecule is c1coc(-c2nc(CNc3nnc(C4CC4)o3)no2)c1. The number of nitrogens with one attached hydrogen (secondary N) is 1. The van der Waals surface area contributed by atoms with Crippen molar-refractivity contribution in [2.45, 2.75) is 25.3 Å². The zero-order valence-corrected chi connectivity index (χ0v) is 10.4. The van der Waals surface area contributed by atoms with Gasteiger partial charge in [0.25, 0.3) is 5.89 Å². The molecule has 3 heterocycles. The molecule has 1 fully saturated rings. The van der Waals surface area contributed by atoms with Gasteiger partial charge in [0.1, 0.15) is 0 Å². The van der Waals surface area contributed by atoms with Crippen molar-refractivity contribution in [1.82, 2.24) is 20.3 Å². The molecule has 1 aliphatic rings. The Hall–Kier alpha value is -2.64. The highest BCUT2D eigenvalue weighted by atomic mass is 16.5. The van der Waals surface area contributed by atoms with Gasteiger partial charge in [-0.05, 0) is 25.0 Å². The molecule has 1 saturated carbocycles. The summed E-state index contributed by atoms with van der Waals surface area (Å²) >= 11 is 0. The Morgan fingerprint density at radius 3 is 3.05 bits per heavy atom. The van der Waals surface area contributed by atoms with Gasteiger partial charge in [-0.2, -0.15) is 4.98 Å². The molecule has 0 aliphatic heterocycles.